The van der Waals surface area contributed by atoms with Gasteiger partial charge in [-0.1, -0.05) is 30.9 Å². The molecule has 3 nitrogen and oxygen atoms in total. The van der Waals surface area contributed by atoms with E-state index in [1.807, 2.05) is 0 Å². The summed E-state index contributed by atoms with van der Waals surface area (Å²) in [6, 6.07) is 1.69. The van der Waals surface area contributed by atoms with E-state index in [1.165, 1.54) is 0 Å². The fourth-order valence-electron chi connectivity index (χ4n) is 3.17. The molecule has 0 aromatic heterocycles. The van der Waals surface area contributed by atoms with Crippen LogP contribution in [0, 0.1) is 13.8 Å². The lowest BCUT2D eigenvalue weighted by Crippen LogP contribution is -2.38. The van der Waals surface area contributed by atoms with E-state index in [1.54, 1.807) is 19.9 Å². The lowest BCUT2D eigenvalue weighted by Gasteiger charge is -2.35. The molecule has 1 saturated carbocycles. The number of carboxylic acids is 1. The Morgan fingerprint density at radius 2 is 1.84 bits per heavy atom. The third-order valence-corrected chi connectivity index (χ3v) is 4.67. The van der Waals surface area contributed by atoms with Gasteiger partial charge in [0, 0.05) is 10.6 Å². The van der Waals surface area contributed by atoms with Crippen LogP contribution in [0.1, 0.15) is 48.8 Å². The van der Waals surface area contributed by atoms with Gasteiger partial charge >= 0.3 is 5.97 Å². The maximum atomic E-state index is 11.8. The van der Waals surface area contributed by atoms with Gasteiger partial charge in [0.15, 0.2) is 0 Å². The average molecular weight is 283 g/mol. The van der Waals surface area contributed by atoms with Crippen molar-refractivity contribution < 1.29 is 15.0 Å². The molecule has 0 bridgehead atoms. The highest BCUT2D eigenvalue weighted by Crippen LogP contribution is 2.47. The molecule has 0 unspecified atom stereocenters. The number of hydrogen-bond donors (Lipinski definition) is 2. The van der Waals surface area contributed by atoms with Gasteiger partial charge in [-0.05, 0) is 43.9 Å². The zero-order valence-corrected chi connectivity index (χ0v) is 12.0. The molecule has 1 aromatic rings. The normalized spacial score (nSPS) is 18.3. The van der Waals surface area contributed by atoms with Crippen molar-refractivity contribution in [3.05, 3.63) is 27.8 Å². The summed E-state index contributed by atoms with van der Waals surface area (Å²) < 4.78 is 0. The number of carbonyl (C=O) groups is 1. The molecule has 104 valence electrons. The first-order valence-electron chi connectivity index (χ1n) is 6.62. The number of halogens is 1. The van der Waals surface area contributed by atoms with Crippen molar-refractivity contribution in [2.45, 2.75) is 51.4 Å². The monoisotopic (exact) mass is 282 g/mol. The van der Waals surface area contributed by atoms with Crippen LogP contribution in [-0.2, 0) is 10.2 Å². The van der Waals surface area contributed by atoms with Gasteiger partial charge in [-0.2, -0.15) is 0 Å². The molecule has 1 aromatic carbocycles. The van der Waals surface area contributed by atoms with Crippen LogP contribution in [0.15, 0.2) is 6.07 Å². The summed E-state index contributed by atoms with van der Waals surface area (Å²) in [5.41, 5.74) is 0.859. The standard InChI is InChI=1S/C15H19ClO3/c1-9-8-11(16)10(2)12(13(9)17)15(14(18)19)6-4-3-5-7-15/h8,17H,3-7H2,1-2H3,(H,18,19). The molecule has 0 atom stereocenters. The van der Waals surface area contributed by atoms with E-state index in [-0.39, 0.29) is 5.75 Å². The molecule has 2 rings (SSSR count). The molecular formula is C15H19ClO3. The topological polar surface area (TPSA) is 57.5 Å². The zero-order chi connectivity index (χ0) is 14.2. The summed E-state index contributed by atoms with van der Waals surface area (Å²) in [5.74, 6) is -0.765. The SMILES string of the molecule is Cc1cc(Cl)c(C)c(C2(C(=O)O)CCCCC2)c1O. The Bertz CT molecular complexity index is 490. The largest absolute Gasteiger partial charge is 0.507 e. The molecule has 0 radical (unpaired) electrons. The Hall–Kier alpha value is -1.22. The van der Waals surface area contributed by atoms with E-state index in [0.717, 1.165) is 19.3 Å². The van der Waals surface area contributed by atoms with Crippen molar-refractivity contribution in [3.63, 3.8) is 0 Å². The van der Waals surface area contributed by atoms with E-state index in [0.29, 0.717) is 34.6 Å². The van der Waals surface area contributed by atoms with Gasteiger partial charge < -0.3 is 10.2 Å². The minimum absolute atomic E-state index is 0.0891. The van der Waals surface area contributed by atoms with Crippen molar-refractivity contribution in [2.24, 2.45) is 0 Å². The van der Waals surface area contributed by atoms with Crippen LogP contribution in [-0.4, -0.2) is 16.2 Å². The number of aliphatic carboxylic acids is 1. The Morgan fingerprint density at radius 1 is 1.26 bits per heavy atom. The number of aryl methyl sites for hydroxylation is 1. The smallest absolute Gasteiger partial charge is 0.314 e. The summed E-state index contributed by atoms with van der Waals surface area (Å²) in [6.45, 7) is 3.54. The van der Waals surface area contributed by atoms with Crippen molar-refractivity contribution in [2.75, 3.05) is 0 Å². The van der Waals surface area contributed by atoms with Crippen LogP contribution in [0.25, 0.3) is 0 Å². The number of phenols is 1. The van der Waals surface area contributed by atoms with Crippen molar-refractivity contribution in [3.8, 4) is 5.75 Å². The number of phenolic OH excluding ortho intramolecular Hbond substituents is 1. The van der Waals surface area contributed by atoms with Gasteiger partial charge in [-0.3, -0.25) is 4.79 Å². The lowest BCUT2D eigenvalue weighted by atomic mass is 9.67. The van der Waals surface area contributed by atoms with Gasteiger partial charge in [0.2, 0.25) is 0 Å². The van der Waals surface area contributed by atoms with E-state index >= 15 is 0 Å². The highest BCUT2D eigenvalue weighted by atomic mass is 35.5. The van der Waals surface area contributed by atoms with Gasteiger partial charge in [0.25, 0.3) is 0 Å². The predicted octanol–water partition coefficient (Wildman–Crippen LogP) is 3.95. The first kappa shape index (κ1) is 14.2. The molecule has 0 spiro atoms. The van der Waals surface area contributed by atoms with E-state index in [2.05, 4.69) is 0 Å². The van der Waals surface area contributed by atoms with Crippen molar-refractivity contribution >= 4 is 17.6 Å². The lowest BCUT2D eigenvalue weighted by molar-refractivity contribution is -0.145. The summed E-state index contributed by atoms with van der Waals surface area (Å²) in [4.78, 5) is 11.8. The number of carboxylic acid groups (broad SMARTS) is 1. The third kappa shape index (κ3) is 2.20. The second kappa shape index (κ2) is 5.04. The fourth-order valence-corrected chi connectivity index (χ4v) is 3.43. The molecule has 19 heavy (non-hydrogen) atoms. The molecule has 0 aliphatic heterocycles. The van der Waals surface area contributed by atoms with Crippen LogP contribution in [0.4, 0.5) is 0 Å². The average Bonchev–Trinajstić information content (AvgIpc) is 2.37. The van der Waals surface area contributed by atoms with Crippen molar-refractivity contribution in [1.29, 1.82) is 0 Å². The van der Waals surface area contributed by atoms with Gasteiger partial charge in [0.05, 0.1) is 5.41 Å². The first-order valence-corrected chi connectivity index (χ1v) is 7.00. The molecule has 4 heteroatoms. The Kier molecular flexibility index (Phi) is 3.77. The van der Waals surface area contributed by atoms with Crippen LogP contribution in [0.5, 0.6) is 5.75 Å². The number of aromatic hydroxyl groups is 1. The Labute approximate surface area is 118 Å². The maximum absolute atomic E-state index is 11.8. The van der Waals surface area contributed by atoms with E-state index in [9.17, 15) is 15.0 Å². The molecule has 1 fully saturated rings. The van der Waals surface area contributed by atoms with Crippen LogP contribution in [0.3, 0.4) is 0 Å². The number of rotatable bonds is 2. The number of hydrogen-bond acceptors (Lipinski definition) is 2. The molecule has 0 saturated heterocycles. The minimum Gasteiger partial charge on any atom is -0.507 e. The Balaban J connectivity index is 2.70. The van der Waals surface area contributed by atoms with Crippen LogP contribution in [0.2, 0.25) is 5.02 Å². The van der Waals surface area contributed by atoms with E-state index in [4.69, 9.17) is 11.6 Å². The third-order valence-electron chi connectivity index (χ3n) is 4.28. The molecule has 0 heterocycles. The van der Waals surface area contributed by atoms with Gasteiger partial charge in [-0.15, -0.1) is 0 Å². The molecular weight excluding hydrogens is 264 g/mol. The molecule has 2 N–H and O–H groups in total. The summed E-state index contributed by atoms with van der Waals surface area (Å²) in [6.07, 6.45) is 3.93. The summed E-state index contributed by atoms with van der Waals surface area (Å²) in [7, 11) is 0. The van der Waals surface area contributed by atoms with Gasteiger partial charge in [0.1, 0.15) is 5.75 Å². The maximum Gasteiger partial charge on any atom is 0.314 e. The predicted molar refractivity (Wildman–Crippen MR) is 75.0 cm³/mol. The van der Waals surface area contributed by atoms with Crippen molar-refractivity contribution in [1.82, 2.24) is 0 Å². The van der Waals surface area contributed by atoms with Gasteiger partial charge in [-0.25, -0.2) is 0 Å². The van der Waals surface area contributed by atoms with E-state index < -0.39 is 11.4 Å². The first-order chi connectivity index (χ1) is 8.90. The highest BCUT2D eigenvalue weighted by Gasteiger charge is 2.44. The fraction of sp³-hybridized carbons (Fsp3) is 0.533. The Morgan fingerprint density at radius 3 is 2.37 bits per heavy atom. The molecule has 0 amide bonds. The highest BCUT2D eigenvalue weighted by molar-refractivity contribution is 6.31. The molecule has 1 aliphatic carbocycles. The minimum atomic E-state index is -0.984. The van der Waals surface area contributed by atoms with Crippen LogP contribution >= 0.6 is 11.6 Å². The number of benzene rings is 1. The second-order valence-corrected chi connectivity index (χ2v) is 5.88. The quantitative estimate of drug-likeness (QED) is 0.863. The summed E-state index contributed by atoms with van der Waals surface area (Å²) >= 11 is 6.17. The van der Waals surface area contributed by atoms with Crippen LogP contribution < -0.4 is 0 Å². The zero-order valence-electron chi connectivity index (χ0n) is 11.3. The second-order valence-electron chi connectivity index (χ2n) is 5.47. The summed E-state index contributed by atoms with van der Waals surface area (Å²) in [5, 5.41) is 20.6. The molecule has 1 aliphatic rings.